The summed E-state index contributed by atoms with van der Waals surface area (Å²) >= 11 is 0. The summed E-state index contributed by atoms with van der Waals surface area (Å²) in [6.07, 6.45) is 1.45. The molecule has 0 saturated carbocycles. The van der Waals surface area contributed by atoms with Crippen molar-refractivity contribution in [3.8, 4) is 11.4 Å². The van der Waals surface area contributed by atoms with Crippen LogP contribution in [-0.2, 0) is 9.59 Å². The van der Waals surface area contributed by atoms with Crippen LogP contribution in [0.1, 0.15) is 31.5 Å². The van der Waals surface area contributed by atoms with Crippen molar-refractivity contribution in [2.45, 2.75) is 32.6 Å². The Bertz CT molecular complexity index is 666. The number of rotatable bonds is 7. The number of unbranched alkanes of at least 4 members (excludes halogenated alkanes) is 1. The van der Waals surface area contributed by atoms with Crippen LogP contribution in [0.4, 0.5) is 5.69 Å². The second kappa shape index (κ2) is 7.35. The molecule has 0 unspecified atom stereocenters. The molecule has 7 heteroatoms. The molecule has 22 heavy (non-hydrogen) atoms. The van der Waals surface area contributed by atoms with Gasteiger partial charge in [-0.2, -0.15) is 5.10 Å². The molecule has 0 aliphatic carbocycles. The molecule has 0 aliphatic heterocycles. The van der Waals surface area contributed by atoms with E-state index >= 15 is 0 Å². The topological polar surface area (TPSA) is 108 Å². The molecule has 1 aromatic carbocycles. The minimum absolute atomic E-state index is 0.0902. The molecule has 2 rings (SSSR count). The number of aryl methyl sites for hydroxylation is 1. The Morgan fingerprint density at radius 2 is 2.05 bits per heavy atom. The zero-order valence-electron chi connectivity index (χ0n) is 12.3. The van der Waals surface area contributed by atoms with Crippen molar-refractivity contribution < 1.29 is 14.7 Å². The van der Waals surface area contributed by atoms with Gasteiger partial charge in [0.25, 0.3) is 0 Å². The molecule has 7 nitrogen and oxygen atoms in total. The van der Waals surface area contributed by atoms with E-state index in [1.807, 2.05) is 19.1 Å². The molecule has 2 aromatic rings. The molecule has 3 N–H and O–H groups in total. The number of aromatic amines is 1. The minimum atomic E-state index is -0.838. The zero-order chi connectivity index (χ0) is 15.9. The molecule has 1 amide bonds. The molecule has 0 atom stereocenters. The third kappa shape index (κ3) is 4.69. The zero-order valence-corrected chi connectivity index (χ0v) is 12.3. The van der Waals surface area contributed by atoms with E-state index in [4.69, 9.17) is 5.11 Å². The summed E-state index contributed by atoms with van der Waals surface area (Å²) in [7, 11) is 0. The minimum Gasteiger partial charge on any atom is -0.481 e. The lowest BCUT2D eigenvalue weighted by Crippen LogP contribution is -2.11. The first-order chi connectivity index (χ1) is 10.5. The fraction of sp³-hybridized carbons (Fsp3) is 0.333. The Kier molecular flexibility index (Phi) is 5.24. The monoisotopic (exact) mass is 302 g/mol. The van der Waals surface area contributed by atoms with Gasteiger partial charge in [-0.25, -0.2) is 4.98 Å². The van der Waals surface area contributed by atoms with Crippen LogP contribution in [-0.4, -0.2) is 32.2 Å². The van der Waals surface area contributed by atoms with Crippen molar-refractivity contribution in [2.24, 2.45) is 0 Å². The Labute approximate surface area is 127 Å². The lowest BCUT2D eigenvalue weighted by molar-refractivity contribution is -0.137. The van der Waals surface area contributed by atoms with Crippen molar-refractivity contribution in [2.75, 3.05) is 5.32 Å². The number of nitrogens with zero attached hydrogens (tertiary/aromatic N) is 2. The number of hydrogen-bond acceptors (Lipinski definition) is 4. The average Bonchev–Trinajstić information content (AvgIpc) is 2.90. The van der Waals surface area contributed by atoms with Gasteiger partial charge < -0.3 is 10.4 Å². The predicted molar refractivity (Wildman–Crippen MR) is 81.3 cm³/mol. The highest BCUT2D eigenvalue weighted by atomic mass is 16.4. The standard InChI is InChI=1S/C15H18N4O3/c1-10-16-15(19-18-10)11-5-4-6-12(9-11)17-13(20)7-2-3-8-14(21)22/h4-6,9H,2-3,7-8H2,1H3,(H,17,20)(H,21,22)(H,16,18,19). The largest absolute Gasteiger partial charge is 0.481 e. The average molecular weight is 302 g/mol. The summed E-state index contributed by atoms with van der Waals surface area (Å²) in [5.41, 5.74) is 1.48. The molecule has 0 saturated heterocycles. The number of benzene rings is 1. The van der Waals surface area contributed by atoms with E-state index in [0.717, 1.165) is 11.4 Å². The molecule has 0 bridgehead atoms. The van der Waals surface area contributed by atoms with Gasteiger partial charge in [0.2, 0.25) is 5.91 Å². The first-order valence-corrected chi connectivity index (χ1v) is 7.05. The summed E-state index contributed by atoms with van der Waals surface area (Å²) in [4.78, 5) is 26.5. The van der Waals surface area contributed by atoms with E-state index in [1.165, 1.54) is 0 Å². The summed E-state index contributed by atoms with van der Waals surface area (Å²) < 4.78 is 0. The van der Waals surface area contributed by atoms with E-state index < -0.39 is 5.97 Å². The number of carboxylic acid groups (broad SMARTS) is 1. The molecule has 0 radical (unpaired) electrons. The van der Waals surface area contributed by atoms with Crippen molar-refractivity contribution >= 4 is 17.6 Å². The van der Waals surface area contributed by atoms with Gasteiger partial charge >= 0.3 is 5.97 Å². The highest BCUT2D eigenvalue weighted by Crippen LogP contribution is 2.19. The Hall–Kier alpha value is -2.70. The van der Waals surface area contributed by atoms with Gasteiger partial charge in [0.15, 0.2) is 5.82 Å². The van der Waals surface area contributed by atoms with Gasteiger partial charge in [0, 0.05) is 24.1 Å². The van der Waals surface area contributed by atoms with E-state index in [9.17, 15) is 9.59 Å². The lowest BCUT2D eigenvalue weighted by Gasteiger charge is -2.06. The number of nitrogens with one attached hydrogen (secondary N) is 2. The third-order valence-corrected chi connectivity index (χ3v) is 3.05. The first-order valence-electron chi connectivity index (χ1n) is 7.05. The summed E-state index contributed by atoms with van der Waals surface area (Å²) in [6, 6.07) is 7.28. The molecule has 0 aliphatic rings. The van der Waals surface area contributed by atoms with Gasteiger partial charge in [-0.1, -0.05) is 12.1 Å². The van der Waals surface area contributed by atoms with Crippen LogP contribution in [0.5, 0.6) is 0 Å². The molecule has 1 aromatic heterocycles. The number of carbonyl (C=O) groups is 2. The van der Waals surface area contributed by atoms with Gasteiger partial charge in [0.05, 0.1) is 0 Å². The second-order valence-electron chi connectivity index (χ2n) is 4.97. The highest BCUT2D eigenvalue weighted by molar-refractivity contribution is 5.91. The van der Waals surface area contributed by atoms with Crippen molar-refractivity contribution in [1.82, 2.24) is 15.2 Å². The molecule has 116 valence electrons. The quantitative estimate of drug-likeness (QED) is 0.680. The second-order valence-corrected chi connectivity index (χ2v) is 4.97. The maximum atomic E-state index is 11.8. The number of hydrogen-bond donors (Lipinski definition) is 3. The van der Waals surface area contributed by atoms with Crippen molar-refractivity contribution in [3.05, 3.63) is 30.1 Å². The summed E-state index contributed by atoms with van der Waals surface area (Å²) in [6.45, 7) is 1.82. The number of aliphatic carboxylic acids is 1. The number of H-pyrrole nitrogens is 1. The summed E-state index contributed by atoms with van der Waals surface area (Å²) in [5, 5.41) is 18.2. The third-order valence-electron chi connectivity index (χ3n) is 3.05. The Balaban J connectivity index is 1.90. The van der Waals surface area contributed by atoms with E-state index in [-0.39, 0.29) is 12.3 Å². The van der Waals surface area contributed by atoms with Gasteiger partial charge in [-0.15, -0.1) is 0 Å². The highest BCUT2D eigenvalue weighted by Gasteiger charge is 2.07. The Morgan fingerprint density at radius 1 is 1.27 bits per heavy atom. The van der Waals surface area contributed by atoms with E-state index in [0.29, 0.717) is 30.8 Å². The predicted octanol–water partition coefficient (Wildman–Crippen LogP) is 2.36. The van der Waals surface area contributed by atoms with Gasteiger partial charge in [-0.05, 0) is 31.9 Å². The van der Waals surface area contributed by atoms with Crippen LogP contribution in [0.15, 0.2) is 24.3 Å². The maximum absolute atomic E-state index is 11.8. The van der Waals surface area contributed by atoms with Gasteiger partial charge in [0.1, 0.15) is 5.82 Å². The van der Waals surface area contributed by atoms with E-state index in [2.05, 4.69) is 20.5 Å². The van der Waals surface area contributed by atoms with Crippen LogP contribution in [0.25, 0.3) is 11.4 Å². The number of carboxylic acids is 1. The van der Waals surface area contributed by atoms with Crippen LogP contribution in [0.3, 0.4) is 0 Å². The summed E-state index contributed by atoms with van der Waals surface area (Å²) in [5.74, 6) is 0.335. The smallest absolute Gasteiger partial charge is 0.303 e. The first kappa shape index (κ1) is 15.7. The number of anilines is 1. The van der Waals surface area contributed by atoms with Crippen LogP contribution in [0, 0.1) is 6.92 Å². The molecule has 0 fully saturated rings. The SMILES string of the molecule is Cc1nc(-c2cccc(NC(=O)CCCCC(=O)O)c2)n[nH]1. The van der Waals surface area contributed by atoms with E-state index in [1.54, 1.807) is 12.1 Å². The molecular weight excluding hydrogens is 284 g/mol. The fourth-order valence-electron chi connectivity index (χ4n) is 1.99. The number of amides is 1. The van der Waals surface area contributed by atoms with Crippen LogP contribution in [0.2, 0.25) is 0 Å². The molecule has 1 heterocycles. The maximum Gasteiger partial charge on any atom is 0.303 e. The van der Waals surface area contributed by atoms with Crippen LogP contribution < -0.4 is 5.32 Å². The van der Waals surface area contributed by atoms with Gasteiger partial charge in [-0.3, -0.25) is 14.7 Å². The number of carbonyl (C=O) groups excluding carboxylic acids is 1. The molecule has 0 spiro atoms. The number of aromatic nitrogens is 3. The lowest BCUT2D eigenvalue weighted by atomic mass is 10.1. The van der Waals surface area contributed by atoms with Crippen molar-refractivity contribution in [1.29, 1.82) is 0 Å². The van der Waals surface area contributed by atoms with Crippen LogP contribution >= 0.6 is 0 Å². The normalized spacial score (nSPS) is 10.4. The van der Waals surface area contributed by atoms with Crippen molar-refractivity contribution in [3.63, 3.8) is 0 Å². The fourth-order valence-corrected chi connectivity index (χ4v) is 1.99. The Morgan fingerprint density at radius 3 is 2.73 bits per heavy atom. The molecular formula is C15H18N4O3.